The topological polar surface area (TPSA) is 87.1 Å². The molecule has 1 aliphatic heterocycles. The first-order valence-corrected chi connectivity index (χ1v) is 11.5. The SMILES string of the molecule is COc1cc(C=C2SC(=S)N(CCCCCCCCCCC(=O)O)C2=O)ccc1O. The summed E-state index contributed by atoms with van der Waals surface area (Å²) in [5.74, 6) is -0.373. The monoisotopic (exact) mass is 451 g/mol. The van der Waals surface area contributed by atoms with Crippen molar-refractivity contribution in [2.45, 2.75) is 57.8 Å². The van der Waals surface area contributed by atoms with E-state index in [1.807, 2.05) is 0 Å². The standard InChI is InChI=1S/C22H29NO5S2/c1-28-18-14-16(11-12-17(18)24)15-19-21(27)23(22(29)30-19)13-9-7-5-3-2-4-6-8-10-20(25)26/h11-12,14-15,24H,2-10,13H2,1H3,(H,25,26). The van der Waals surface area contributed by atoms with E-state index in [0.29, 0.717) is 21.5 Å². The minimum absolute atomic E-state index is 0.0578. The van der Waals surface area contributed by atoms with Gasteiger partial charge in [-0.25, -0.2) is 0 Å². The molecule has 2 rings (SSSR count). The number of unbranched alkanes of at least 4 members (excludes halogenated alkanes) is 7. The number of carbonyl (C=O) groups is 2. The lowest BCUT2D eigenvalue weighted by Crippen LogP contribution is -2.29. The number of aliphatic carboxylic acids is 1. The second kappa shape index (κ2) is 12.6. The maximum Gasteiger partial charge on any atom is 0.303 e. The molecule has 8 heteroatoms. The maximum atomic E-state index is 12.7. The number of nitrogens with zero attached hydrogens (tertiary/aromatic N) is 1. The van der Waals surface area contributed by atoms with E-state index >= 15 is 0 Å². The highest BCUT2D eigenvalue weighted by Crippen LogP contribution is 2.34. The molecule has 1 amide bonds. The number of phenols is 1. The molecule has 0 aliphatic carbocycles. The number of thiocarbonyl (C=S) groups is 1. The van der Waals surface area contributed by atoms with Crippen LogP contribution in [0, 0.1) is 0 Å². The van der Waals surface area contributed by atoms with E-state index in [1.165, 1.54) is 24.9 Å². The van der Waals surface area contributed by atoms with Crippen molar-refractivity contribution in [3.63, 3.8) is 0 Å². The third kappa shape index (κ3) is 7.65. The molecule has 164 valence electrons. The maximum absolute atomic E-state index is 12.7. The average Bonchev–Trinajstić information content (AvgIpc) is 2.97. The molecule has 0 radical (unpaired) electrons. The minimum Gasteiger partial charge on any atom is -0.504 e. The van der Waals surface area contributed by atoms with Crippen LogP contribution in [0.25, 0.3) is 6.08 Å². The number of amides is 1. The average molecular weight is 452 g/mol. The van der Waals surface area contributed by atoms with Crippen LogP contribution in [-0.2, 0) is 9.59 Å². The number of ether oxygens (including phenoxy) is 1. The van der Waals surface area contributed by atoms with Crippen LogP contribution in [0.3, 0.4) is 0 Å². The number of carboxylic acid groups (broad SMARTS) is 1. The first-order chi connectivity index (χ1) is 14.4. The molecule has 1 aliphatic rings. The highest BCUT2D eigenvalue weighted by molar-refractivity contribution is 8.26. The van der Waals surface area contributed by atoms with Crippen molar-refractivity contribution in [2.24, 2.45) is 0 Å². The van der Waals surface area contributed by atoms with Gasteiger partial charge in [-0.1, -0.05) is 68.6 Å². The van der Waals surface area contributed by atoms with Gasteiger partial charge in [-0.05, 0) is 36.6 Å². The molecule has 0 saturated carbocycles. The number of phenolic OH excluding ortho intramolecular Hbond substituents is 1. The van der Waals surface area contributed by atoms with Crippen LogP contribution in [0.5, 0.6) is 11.5 Å². The molecule has 1 aromatic carbocycles. The van der Waals surface area contributed by atoms with Crippen LogP contribution < -0.4 is 4.74 Å². The summed E-state index contributed by atoms with van der Waals surface area (Å²) >= 11 is 6.68. The van der Waals surface area contributed by atoms with Crippen molar-refractivity contribution in [2.75, 3.05) is 13.7 Å². The van der Waals surface area contributed by atoms with E-state index < -0.39 is 5.97 Å². The van der Waals surface area contributed by atoms with Gasteiger partial charge in [-0.15, -0.1) is 0 Å². The third-order valence-corrected chi connectivity index (χ3v) is 6.28. The summed E-state index contributed by atoms with van der Waals surface area (Å²) < 4.78 is 5.69. The Bertz CT molecular complexity index is 794. The van der Waals surface area contributed by atoms with Gasteiger partial charge in [0, 0.05) is 13.0 Å². The van der Waals surface area contributed by atoms with Crippen molar-refractivity contribution in [3.8, 4) is 11.5 Å². The van der Waals surface area contributed by atoms with Crippen molar-refractivity contribution in [3.05, 3.63) is 28.7 Å². The lowest BCUT2D eigenvalue weighted by molar-refractivity contribution is -0.137. The van der Waals surface area contributed by atoms with Crippen LogP contribution in [-0.4, -0.2) is 45.0 Å². The molecule has 1 fully saturated rings. The first kappa shape index (κ1) is 24.2. The van der Waals surface area contributed by atoms with Gasteiger partial charge in [0.15, 0.2) is 11.5 Å². The summed E-state index contributed by atoms with van der Waals surface area (Å²) in [7, 11) is 1.48. The number of thioether (sulfide) groups is 1. The zero-order valence-electron chi connectivity index (χ0n) is 17.3. The number of aromatic hydroxyl groups is 1. The summed E-state index contributed by atoms with van der Waals surface area (Å²) in [4.78, 5) is 25.4. The van der Waals surface area contributed by atoms with E-state index in [9.17, 15) is 14.7 Å². The van der Waals surface area contributed by atoms with Crippen LogP contribution in [0.1, 0.15) is 63.4 Å². The Hall–Kier alpha value is -2.06. The highest BCUT2D eigenvalue weighted by Gasteiger charge is 2.31. The van der Waals surface area contributed by atoms with E-state index in [2.05, 4.69) is 0 Å². The van der Waals surface area contributed by atoms with Gasteiger partial charge in [0.25, 0.3) is 5.91 Å². The number of hydrogen-bond acceptors (Lipinski definition) is 6. The number of carboxylic acids is 1. The number of rotatable bonds is 13. The minimum atomic E-state index is -0.719. The summed E-state index contributed by atoms with van der Waals surface area (Å²) in [5.41, 5.74) is 0.772. The summed E-state index contributed by atoms with van der Waals surface area (Å²) in [6.45, 7) is 0.625. The van der Waals surface area contributed by atoms with Crippen LogP contribution >= 0.6 is 24.0 Å². The smallest absolute Gasteiger partial charge is 0.303 e. The molecule has 0 aromatic heterocycles. The fourth-order valence-corrected chi connectivity index (χ4v) is 4.54. The van der Waals surface area contributed by atoms with Crippen LogP contribution in [0.15, 0.2) is 23.1 Å². The summed E-state index contributed by atoms with van der Waals surface area (Å²) in [5, 5.41) is 18.3. The predicted octanol–water partition coefficient (Wildman–Crippen LogP) is 5.20. The molecular weight excluding hydrogens is 422 g/mol. The normalized spacial score (nSPS) is 15.2. The van der Waals surface area contributed by atoms with Gasteiger partial charge in [-0.3, -0.25) is 14.5 Å². The van der Waals surface area contributed by atoms with Gasteiger partial charge in [0.1, 0.15) is 4.32 Å². The molecule has 0 bridgehead atoms. The van der Waals surface area contributed by atoms with Crippen molar-refractivity contribution in [1.82, 2.24) is 4.90 Å². The Balaban J connectivity index is 1.71. The molecule has 0 unspecified atom stereocenters. The Morgan fingerprint density at radius 3 is 2.40 bits per heavy atom. The molecular formula is C22H29NO5S2. The number of methoxy groups -OCH3 is 1. The van der Waals surface area contributed by atoms with Gasteiger partial charge >= 0.3 is 5.97 Å². The second-order valence-corrected chi connectivity index (χ2v) is 8.91. The van der Waals surface area contributed by atoms with Crippen LogP contribution in [0.2, 0.25) is 0 Å². The number of benzene rings is 1. The van der Waals surface area contributed by atoms with E-state index in [-0.39, 0.29) is 18.1 Å². The lowest BCUT2D eigenvalue weighted by Gasteiger charge is -2.14. The van der Waals surface area contributed by atoms with Crippen LogP contribution in [0.4, 0.5) is 0 Å². The first-order valence-electron chi connectivity index (χ1n) is 10.3. The van der Waals surface area contributed by atoms with Gasteiger partial charge < -0.3 is 14.9 Å². The Morgan fingerprint density at radius 2 is 1.77 bits per heavy atom. The summed E-state index contributed by atoms with van der Waals surface area (Å²) in [6.07, 6.45) is 10.2. The summed E-state index contributed by atoms with van der Waals surface area (Å²) in [6, 6.07) is 4.95. The molecule has 1 aromatic rings. The Kier molecular flexibility index (Phi) is 10.2. The largest absolute Gasteiger partial charge is 0.504 e. The predicted molar refractivity (Wildman–Crippen MR) is 124 cm³/mol. The molecule has 0 atom stereocenters. The second-order valence-electron chi connectivity index (χ2n) is 7.24. The molecule has 0 spiro atoms. The zero-order valence-corrected chi connectivity index (χ0v) is 18.9. The molecule has 6 nitrogen and oxygen atoms in total. The highest BCUT2D eigenvalue weighted by atomic mass is 32.2. The third-order valence-electron chi connectivity index (χ3n) is 4.90. The fraction of sp³-hybridized carbons (Fsp3) is 0.500. The van der Waals surface area contributed by atoms with Crippen molar-refractivity contribution in [1.29, 1.82) is 0 Å². The molecule has 1 heterocycles. The zero-order chi connectivity index (χ0) is 21.9. The molecule has 1 saturated heterocycles. The number of hydrogen-bond donors (Lipinski definition) is 2. The molecule has 2 N–H and O–H groups in total. The lowest BCUT2D eigenvalue weighted by atomic mass is 10.1. The van der Waals surface area contributed by atoms with Gasteiger partial charge in [0.2, 0.25) is 0 Å². The fourth-order valence-electron chi connectivity index (χ4n) is 3.23. The van der Waals surface area contributed by atoms with Crippen molar-refractivity contribution >= 4 is 46.3 Å². The van der Waals surface area contributed by atoms with E-state index in [0.717, 1.165) is 56.9 Å². The Morgan fingerprint density at radius 1 is 1.13 bits per heavy atom. The molecule has 30 heavy (non-hydrogen) atoms. The quantitative estimate of drug-likeness (QED) is 0.242. The van der Waals surface area contributed by atoms with E-state index in [4.69, 9.17) is 22.1 Å². The van der Waals surface area contributed by atoms with E-state index in [1.54, 1.807) is 23.1 Å². The van der Waals surface area contributed by atoms with Gasteiger partial charge in [-0.2, -0.15) is 0 Å². The number of carbonyl (C=O) groups excluding carboxylic acids is 1. The van der Waals surface area contributed by atoms with Crippen molar-refractivity contribution < 1.29 is 24.5 Å². The van der Waals surface area contributed by atoms with Gasteiger partial charge in [0.05, 0.1) is 12.0 Å². The Labute approximate surface area is 187 Å².